The van der Waals surface area contributed by atoms with E-state index in [1.165, 1.54) is 11.3 Å². The highest BCUT2D eigenvalue weighted by molar-refractivity contribution is 7.09. The summed E-state index contributed by atoms with van der Waals surface area (Å²) in [6.07, 6.45) is 2.74. The van der Waals surface area contributed by atoms with Crippen LogP contribution in [-0.2, 0) is 17.6 Å². The molecule has 0 unspecified atom stereocenters. The van der Waals surface area contributed by atoms with Gasteiger partial charge in [-0.3, -0.25) is 4.79 Å². The minimum atomic E-state index is -0.844. The third-order valence-corrected chi connectivity index (χ3v) is 4.01. The van der Waals surface area contributed by atoms with Gasteiger partial charge < -0.3 is 9.84 Å². The van der Waals surface area contributed by atoms with Crippen LogP contribution in [0, 0.1) is 0 Å². The topological polar surface area (TPSA) is 59.4 Å². The van der Waals surface area contributed by atoms with Crippen molar-refractivity contribution in [3.63, 3.8) is 0 Å². The summed E-state index contributed by atoms with van der Waals surface area (Å²) in [5.74, 6) is -0.0272. The average Bonchev–Trinajstić information content (AvgIpc) is 2.87. The maximum Gasteiger partial charge on any atom is 0.309 e. The summed E-state index contributed by atoms with van der Waals surface area (Å²) in [7, 11) is 0. The van der Waals surface area contributed by atoms with Gasteiger partial charge in [0.15, 0.2) is 0 Å². The first-order valence-electron chi connectivity index (χ1n) is 6.67. The van der Waals surface area contributed by atoms with Gasteiger partial charge in [-0.1, -0.05) is 11.6 Å². The van der Waals surface area contributed by atoms with Crippen LogP contribution in [0.3, 0.4) is 0 Å². The average molecular weight is 326 g/mol. The molecule has 1 aromatic carbocycles. The van der Waals surface area contributed by atoms with E-state index in [1.807, 2.05) is 17.5 Å². The third kappa shape index (κ3) is 5.73. The number of thiazole rings is 1. The van der Waals surface area contributed by atoms with Gasteiger partial charge in [0.05, 0.1) is 23.7 Å². The van der Waals surface area contributed by atoms with Gasteiger partial charge in [0.2, 0.25) is 0 Å². The van der Waals surface area contributed by atoms with Gasteiger partial charge in [0.25, 0.3) is 0 Å². The van der Waals surface area contributed by atoms with Gasteiger partial charge >= 0.3 is 5.97 Å². The first-order chi connectivity index (χ1) is 10.1. The summed E-state index contributed by atoms with van der Waals surface area (Å²) in [4.78, 5) is 14.9. The summed E-state index contributed by atoms with van der Waals surface area (Å²) in [5, 5.41) is 12.2. The van der Waals surface area contributed by atoms with Gasteiger partial charge in [-0.25, -0.2) is 4.98 Å². The lowest BCUT2D eigenvalue weighted by Crippen LogP contribution is -2.01. The number of hydrogen-bond acceptors (Lipinski definition) is 4. The van der Waals surface area contributed by atoms with Crippen molar-refractivity contribution in [2.75, 3.05) is 6.61 Å². The number of ether oxygens (including phenoxy) is 1. The fraction of sp³-hybridized carbons (Fsp3) is 0.333. The van der Waals surface area contributed by atoms with Crippen LogP contribution in [0.15, 0.2) is 29.6 Å². The number of halogens is 1. The lowest BCUT2D eigenvalue weighted by molar-refractivity contribution is -0.136. The fourth-order valence-electron chi connectivity index (χ4n) is 1.80. The SMILES string of the molecule is O=C(O)Cc1csc(CCCCOc2ccc(Cl)cc2)n1. The van der Waals surface area contributed by atoms with Gasteiger partial charge in [-0.15, -0.1) is 11.3 Å². The van der Waals surface area contributed by atoms with E-state index >= 15 is 0 Å². The Kier molecular flexibility index (Phi) is 6.02. The highest BCUT2D eigenvalue weighted by Gasteiger charge is 2.06. The van der Waals surface area contributed by atoms with Crippen LogP contribution in [0.2, 0.25) is 5.02 Å². The predicted octanol–water partition coefficient (Wildman–Crippen LogP) is 3.83. The zero-order chi connectivity index (χ0) is 15.1. The molecule has 0 spiro atoms. The number of unbranched alkanes of at least 4 members (excludes halogenated alkanes) is 1. The van der Waals surface area contributed by atoms with Crippen molar-refractivity contribution in [3.05, 3.63) is 45.4 Å². The van der Waals surface area contributed by atoms with E-state index in [2.05, 4.69) is 4.98 Å². The fourth-order valence-corrected chi connectivity index (χ4v) is 2.77. The Balaban J connectivity index is 1.64. The third-order valence-electron chi connectivity index (χ3n) is 2.80. The second-order valence-electron chi connectivity index (χ2n) is 4.56. The minimum Gasteiger partial charge on any atom is -0.494 e. The normalized spacial score (nSPS) is 10.5. The molecule has 0 amide bonds. The highest BCUT2D eigenvalue weighted by atomic mass is 35.5. The Labute approximate surface area is 132 Å². The number of benzene rings is 1. The second kappa shape index (κ2) is 8.00. The summed E-state index contributed by atoms with van der Waals surface area (Å²) in [6, 6.07) is 7.30. The van der Waals surface area contributed by atoms with Crippen molar-refractivity contribution >= 4 is 28.9 Å². The smallest absolute Gasteiger partial charge is 0.309 e. The lowest BCUT2D eigenvalue weighted by Gasteiger charge is -2.05. The van der Waals surface area contributed by atoms with Crippen LogP contribution in [-0.4, -0.2) is 22.7 Å². The van der Waals surface area contributed by atoms with E-state index in [-0.39, 0.29) is 6.42 Å². The van der Waals surface area contributed by atoms with E-state index in [4.69, 9.17) is 21.4 Å². The van der Waals surface area contributed by atoms with Crippen LogP contribution in [0.5, 0.6) is 5.75 Å². The Morgan fingerprint density at radius 2 is 2.05 bits per heavy atom. The molecule has 0 saturated heterocycles. The number of carbonyl (C=O) groups is 1. The number of carboxylic acids is 1. The molecule has 112 valence electrons. The first-order valence-corrected chi connectivity index (χ1v) is 7.92. The van der Waals surface area contributed by atoms with Crippen LogP contribution >= 0.6 is 22.9 Å². The molecular weight excluding hydrogens is 310 g/mol. The molecule has 0 radical (unpaired) electrons. The molecule has 0 aliphatic rings. The minimum absolute atomic E-state index is 0.00379. The first kappa shape index (κ1) is 15.8. The Bertz CT molecular complexity index is 583. The lowest BCUT2D eigenvalue weighted by atomic mass is 10.2. The number of hydrogen-bond donors (Lipinski definition) is 1. The number of rotatable bonds is 8. The molecule has 0 aliphatic heterocycles. The molecule has 2 aromatic rings. The molecule has 4 nitrogen and oxygen atoms in total. The molecule has 0 saturated carbocycles. The second-order valence-corrected chi connectivity index (χ2v) is 5.94. The van der Waals surface area contributed by atoms with Crippen molar-refractivity contribution < 1.29 is 14.6 Å². The quantitative estimate of drug-likeness (QED) is 0.749. The van der Waals surface area contributed by atoms with Crippen molar-refractivity contribution in [1.82, 2.24) is 4.98 Å². The largest absolute Gasteiger partial charge is 0.494 e. The van der Waals surface area contributed by atoms with E-state index < -0.39 is 5.97 Å². The molecule has 2 rings (SSSR count). The Morgan fingerprint density at radius 3 is 2.76 bits per heavy atom. The maximum atomic E-state index is 10.6. The molecule has 0 bridgehead atoms. The highest BCUT2D eigenvalue weighted by Crippen LogP contribution is 2.16. The predicted molar refractivity (Wildman–Crippen MR) is 83.3 cm³/mol. The number of carboxylic acid groups (broad SMARTS) is 1. The maximum absolute atomic E-state index is 10.6. The van der Waals surface area contributed by atoms with Crippen molar-refractivity contribution in [3.8, 4) is 5.75 Å². The van der Waals surface area contributed by atoms with Crippen LogP contribution in [0.4, 0.5) is 0 Å². The molecule has 21 heavy (non-hydrogen) atoms. The molecular formula is C15H16ClNO3S. The summed E-state index contributed by atoms with van der Waals surface area (Å²) < 4.78 is 5.60. The number of aryl methyl sites for hydroxylation is 1. The van der Waals surface area contributed by atoms with Crippen molar-refractivity contribution in [2.45, 2.75) is 25.7 Å². The zero-order valence-electron chi connectivity index (χ0n) is 11.4. The van der Waals surface area contributed by atoms with Crippen molar-refractivity contribution in [2.24, 2.45) is 0 Å². The molecule has 0 aliphatic carbocycles. The summed E-state index contributed by atoms with van der Waals surface area (Å²) >= 11 is 7.32. The van der Waals surface area contributed by atoms with E-state index in [0.29, 0.717) is 17.3 Å². The Morgan fingerprint density at radius 1 is 1.29 bits per heavy atom. The number of aliphatic carboxylic acids is 1. The van der Waals surface area contributed by atoms with Gasteiger partial charge in [-0.2, -0.15) is 0 Å². The van der Waals surface area contributed by atoms with Gasteiger partial charge in [0, 0.05) is 10.4 Å². The van der Waals surface area contributed by atoms with Crippen LogP contribution < -0.4 is 4.74 Å². The van der Waals surface area contributed by atoms with Crippen LogP contribution in [0.1, 0.15) is 23.5 Å². The number of aromatic nitrogens is 1. The Hall–Kier alpha value is -1.59. The van der Waals surface area contributed by atoms with Crippen molar-refractivity contribution in [1.29, 1.82) is 0 Å². The van der Waals surface area contributed by atoms with E-state index in [9.17, 15) is 4.79 Å². The summed E-state index contributed by atoms with van der Waals surface area (Å²) in [5.41, 5.74) is 0.639. The molecule has 1 aromatic heterocycles. The standard InChI is InChI=1S/C15H16ClNO3S/c16-11-4-6-13(7-5-11)20-8-2-1-3-14-17-12(10-21-14)9-15(18)19/h4-7,10H,1-3,8-9H2,(H,18,19). The zero-order valence-corrected chi connectivity index (χ0v) is 13.0. The monoisotopic (exact) mass is 325 g/mol. The van der Waals surface area contributed by atoms with Gasteiger partial charge in [-0.05, 0) is 43.5 Å². The number of nitrogens with zero attached hydrogens (tertiary/aromatic N) is 1. The molecule has 1 N–H and O–H groups in total. The van der Waals surface area contributed by atoms with Crippen LogP contribution in [0.25, 0.3) is 0 Å². The van der Waals surface area contributed by atoms with Gasteiger partial charge in [0.1, 0.15) is 5.75 Å². The summed E-state index contributed by atoms with van der Waals surface area (Å²) in [6.45, 7) is 0.648. The molecule has 6 heteroatoms. The molecule has 0 fully saturated rings. The van der Waals surface area contributed by atoms with E-state index in [1.54, 1.807) is 12.1 Å². The molecule has 1 heterocycles. The molecule has 0 atom stereocenters. The van der Waals surface area contributed by atoms with E-state index in [0.717, 1.165) is 30.0 Å².